The second-order valence-corrected chi connectivity index (χ2v) is 10.1. The zero-order valence-corrected chi connectivity index (χ0v) is 24.3. The third-order valence-corrected chi connectivity index (χ3v) is 6.89. The number of pyridine rings is 1. The van der Waals surface area contributed by atoms with Crippen molar-refractivity contribution in [2.24, 2.45) is 0 Å². The number of nitrogens with one attached hydrogen (secondary N) is 1. The summed E-state index contributed by atoms with van der Waals surface area (Å²) >= 11 is 0. The molecule has 2 heterocycles. The van der Waals surface area contributed by atoms with Crippen molar-refractivity contribution in [3.05, 3.63) is 71.4 Å². The molecule has 0 aliphatic carbocycles. The van der Waals surface area contributed by atoms with E-state index in [1.54, 1.807) is 28.9 Å². The number of fused-ring (bicyclic) bond motifs is 1. The Labute approximate surface area is 249 Å². The van der Waals surface area contributed by atoms with E-state index >= 15 is 0 Å². The summed E-state index contributed by atoms with van der Waals surface area (Å²) in [5.74, 6) is -1.89. The van der Waals surface area contributed by atoms with Crippen LogP contribution in [0.2, 0.25) is 0 Å². The van der Waals surface area contributed by atoms with Gasteiger partial charge in [-0.3, -0.25) is 9.59 Å². The standard InChI is InChI=1S/C31H36N4O8/c1-3-42-31(40)35-14-12-34(13-15-35)30(39)24(11-16-41-19-22-7-5-4-6-8-22)33-29(38)26-18-27(43-20-28(36)37)23-10-9-21(2)17-25(23)32-26/h4-10,17-18,24H,3,11-16,19-20H2,1-2H3,(H,33,38)(H,36,37). The van der Waals surface area contributed by atoms with Crippen LogP contribution in [-0.2, 0) is 25.7 Å². The van der Waals surface area contributed by atoms with E-state index in [0.717, 1.165) is 11.1 Å². The third kappa shape index (κ3) is 8.65. The molecule has 228 valence electrons. The van der Waals surface area contributed by atoms with Crippen molar-refractivity contribution >= 4 is 34.8 Å². The topological polar surface area (TPSA) is 148 Å². The van der Waals surface area contributed by atoms with Crippen LogP contribution in [0, 0.1) is 6.92 Å². The molecule has 43 heavy (non-hydrogen) atoms. The van der Waals surface area contributed by atoms with Crippen LogP contribution in [0.3, 0.4) is 0 Å². The number of carbonyl (C=O) groups excluding carboxylic acids is 3. The number of benzene rings is 2. The minimum atomic E-state index is -1.16. The number of ether oxygens (including phenoxy) is 3. The van der Waals surface area contributed by atoms with Crippen molar-refractivity contribution in [1.29, 1.82) is 0 Å². The summed E-state index contributed by atoms with van der Waals surface area (Å²) in [4.78, 5) is 58.0. The highest BCUT2D eigenvalue weighted by Crippen LogP contribution is 2.26. The van der Waals surface area contributed by atoms with Crippen LogP contribution in [0.1, 0.15) is 35.0 Å². The number of aliphatic carboxylic acids is 1. The van der Waals surface area contributed by atoms with Crippen LogP contribution < -0.4 is 10.1 Å². The van der Waals surface area contributed by atoms with E-state index in [4.69, 9.17) is 19.3 Å². The Balaban J connectivity index is 1.50. The van der Waals surface area contributed by atoms with Gasteiger partial charge in [-0.05, 0) is 43.5 Å². The van der Waals surface area contributed by atoms with Gasteiger partial charge in [-0.15, -0.1) is 0 Å². The molecule has 1 aliphatic heterocycles. The molecule has 0 bridgehead atoms. The number of carbonyl (C=O) groups is 4. The predicted octanol–water partition coefficient (Wildman–Crippen LogP) is 3.01. The lowest BCUT2D eigenvalue weighted by Crippen LogP contribution is -2.56. The zero-order chi connectivity index (χ0) is 30.8. The summed E-state index contributed by atoms with van der Waals surface area (Å²) in [6.07, 6.45) is -0.225. The second-order valence-electron chi connectivity index (χ2n) is 10.1. The average molecular weight is 593 g/mol. The van der Waals surface area contributed by atoms with E-state index in [0.29, 0.717) is 30.6 Å². The summed E-state index contributed by atoms with van der Waals surface area (Å²) in [6.45, 7) is 5.03. The number of nitrogens with zero attached hydrogens (tertiary/aromatic N) is 3. The Hall–Kier alpha value is -4.71. The van der Waals surface area contributed by atoms with Crippen LogP contribution in [-0.4, -0.2) is 95.8 Å². The highest BCUT2D eigenvalue weighted by molar-refractivity contribution is 5.99. The first kappa shape index (κ1) is 31.2. The van der Waals surface area contributed by atoms with E-state index in [1.807, 2.05) is 43.3 Å². The summed E-state index contributed by atoms with van der Waals surface area (Å²) in [6, 6.07) is 15.4. The molecule has 1 aliphatic rings. The lowest BCUT2D eigenvalue weighted by Gasteiger charge is -2.36. The summed E-state index contributed by atoms with van der Waals surface area (Å²) in [5, 5.41) is 12.5. The van der Waals surface area contributed by atoms with Crippen molar-refractivity contribution in [2.45, 2.75) is 32.9 Å². The molecular weight excluding hydrogens is 556 g/mol. The van der Waals surface area contributed by atoms with E-state index in [9.17, 15) is 19.2 Å². The molecule has 12 nitrogen and oxygen atoms in total. The van der Waals surface area contributed by atoms with Gasteiger partial charge in [-0.25, -0.2) is 14.6 Å². The van der Waals surface area contributed by atoms with Crippen molar-refractivity contribution in [2.75, 3.05) is 46.0 Å². The molecule has 1 aromatic heterocycles. The van der Waals surface area contributed by atoms with E-state index in [2.05, 4.69) is 10.3 Å². The monoisotopic (exact) mass is 592 g/mol. The number of hydrogen-bond donors (Lipinski definition) is 2. The van der Waals surface area contributed by atoms with E-state index in [-0.39, 0.29) is 50.1 Å². The molecule has 0 radical (unpaired) electrons. The highest BCUT2D eigenvalue weighted by Gasteiger charge is 2.31. The van der Waals surface area contributed by atoms with Gasteiger partial charge in [0.25, 0.3) is 5.91 Å². The van der Waals surface area contributed by atoms with Gasteiger partial charge in [0.2, 0.25) is 5.91 Å². The molecule has 3 aromatic rings. The first-order chi connectivity index (χ1) is 20.7. The molecule has 2 aromatic carbocycles. The Morgan fingerprint density at radius 1 is 1.00 bits per heavy atom. The normalized spacial score (nSPS) is 13.8. The first-order valence-electron chi connectivity index (χ1n) is 14.1. The quantitative estimate of drug-likeness (QED) is 0.303. The molecule has 0 spiro atoms. The predicted molar refractivity (Wildman–Crippen MR) is 157 cm³/mol. The van der Waals surface area contributed by atoms with Gasteiger partial charge in [-0.2, -0.15) is 0 Å². The molecule has 12 heteroatoms. The van der Waals surface area contributed by atoms with Crippen molar-refractivity contribution < 1.29 is 38.5 Å². The number of hydrogen-bond acceptors (Lipinski definition) is 8. The smallest absolute Gasteiger partial charge is 0.409 e. The SMILES string of the molecule is CCOC(=O)N1CCN(C(=O)C(CCOCc2ccccc2)NC(=O)c2cc(OCC(=O)O)c3ccc(C)cc3n2)CC1. The maximum Gasteiger partial charge on any atom is 0.409 e. The third-order valence-electron chi connectivity index (χ3n) is 6.89. The molecule has 3 amide bonds. The Morgan fingerprint density at radius 3 is 2.42 bits per heavy atom. The van der Waals surface area contributed by atoms with Gasteiger partial charge in [0.15, 0.2) is 6.61 Å². The maximum absolute atomic E-state index is 13.6. The average Bonchev–Trinajstić information content (AvgIpc) is 3.01. The summed E-state index contributed by atoms with van der Waals surface area (Å²) in [5.41, 5.74) is 2.31. The van der Waals surface area contributed by atoms with Gasteiger partial charge >= 0.3 is 12.1 Å². The van der Waals surface area contributed by atoms with Crippen LogP contribution >= 0.6 is 0 Å². The van der Waals surface area contributed by atoms with Gasteiger partial charge in [0, 0.05) is 44.2 Å². The van der Waals surface area contributed by atoms with Gasteiger partial charge in [0.05, 0.1) is 18.7 Å². The molecule has 1 fully saturated rings. The van der Waals surface area contributed by atoms with Crippen LogP contribution in [0.15, 0.2) is 54.6 Å². The lowest BCUT2D eigenvalue weighted by atomic mass is 10.1. The number of amides is 3. The number of aryl methyl sites for hydroxylation is 1. The molecule has 2 N–H and O–H groups in total. The molecule has 1 unspecified atom stereocenters. The number of carboxylic acid groups (broad SMARTS) is 1. The molecular formula is C31H36N4O8. The van der Waals surface area contributed by atoms with Crippen molar-refractivity contribution in [1.82, 2.24) is 20.1 Å². The minimum absolute atomic E-state index is 0.0198. The van der Waals surface area contributed by atoms with Crippen LogP contribution in [0.5, 0.6) is 5.75 Å². The van der Waals surface area contributed by atoms with Gasteiger partial charge in [-0.1, -0.05) is 36.4 Å². The van der Waals surface area contributed by atoms with Gasteiger partial charge < -0.3 is 34.4 Å². The number of carboxylic acids is 1. The molecule has 1 atom stereocenters. The van der Waals surface area contributed by atoms with Crippen LogP contribution in [0.4, 0.5) is 4.79 Å². The number of piperazine rings is 1. The van der Waals surface area contributed by atoms with Crippen molar-refractivity contribution in [3.8, 4) is 5.75 Å². The molecule has 1 saturated heterocycles. The summed E-state index contributed by atoms with van der Waals surface area (Å²) in [7, 11) is 0. The molecule has 4 rings (SSSR count). The van der Waals surface area contributed by atoms with Gasteiger partial charge in [0.1, 0.15) is 17.5 Å². The van der Waals surface area contributed by atoms with E-state index in [1.165, 1.54) is 6.07 Å². The Morgan fingerprint density at radius 2 is 1.72 bits per heavy atom. The largest absolute Gasteiger partial charge is 0.481 e. The first-order valence-corrected chi connectivity index (χ1v) is 14.1. The second kappa shape index (κ2) is 15.0. The van der Waals surface area contributed by atoms with Crippen LogP contribution in [0.25, 0.3) is 10.9 Å². The lowest BCUT2D eigenvalue weighted by molar-refractivity contribution is -0.139. The van der Waals surface area contributed by atoms with E-state index < -0.39 is 30.6 Å². The number of aromatic nitrogens is 1. The number of rotatable bonds is 12. The Bertz CT molecular complexity index is 1440. The fourth-order valence-electron chi connectivity index (χ4n) is 4.68. The highest BCUT2D eigenvalue weighted by atomic mass is 16.6. The zero-order valence-electron chi connectivity index (χ0n) is 24.3. The fourth-order valence-corrected chi connectivity index (χ4v) is 4.68. The summed E-state index contributed by atoms with van der Waals surface area (Å²) < 4.78 is 16.3. The molecule has 0 saturated carbocycles. The maximum atomic E-state index is 13.6. The minimum Gasteiger partial charge on any atom is -0.481 e. The van der Waals surface area contributed by atoms with Crippen molar-refractivity contribution in [3.63, 3.8) is 0 Å². The Kier molecular flexibility index (Phi) is 10.9. The fraction of sp³-hybridized carbons (Fsp3) is 0.387.